The highest BCUT2D eigenvalue weighted by atomic mass is 32.1. The smallest absolute Gasteiger partial charge is 0.226 e. The Kier molecular flexibility index (Phi) is 4.15. The summed E-state index contributed by atoms with van der Waals surface area (Å²) in [4.78, 5) is 12.0. The van der Waals surface area contributed by atoms with Crippen LogP contribution in [-0.2, 0) is 11.2 Å². The molecule has 0 radical (unpaired) electrons. The third kappa shape index (κ3) is 3.58. The second-order valence-electron chi connectivity index (χ2n) is 5.08. The van der Waals surface area contributed by atoms with E-state index in [4.69, 9.17) is 4.74 Å². The number of benzene rings is 1. The average molecular weight is 303 g/mol. The molecule has 1 saturated carbocycles. The molecule has 0 unspecified atom stereocenters. The summed E-state index contributed by atoms with van der Waals surface area (Å²) in [5, 5.41) is 12.6. The Labute approximate surface area is 127 Å². The minimum Gasteiger partial charge on any atom is -0.496 e. The van der Waals surface area contributed by atoms with Crippen molar-refractivity contribution in [3.63, 3.8) is 0 Å². The van der Waals surface area contributed by atoms with E-state index in [0.717, 1.165) is 16.3 Å². The van der Waals surface area contributed by atoms with Crippen LogP contribution in [0.1, 0.15) is 35.8 Å². The first-order valence-corrected chi connectivity index (χ1v) is 7.83. The largest absolute Gasteiger partial charge is 0.496 e. The van der Waals surface area contributed by atoms with Crippen LogP contribution in [0.15, 0.2) is 24.3 Å². The molecule has 0 spiro atoms. The predicted octanol–water partition coefficient (Wildman–Crippen LogP) is 3.00. The highest BCUT2D eigenvalue weighted by Gasteiger charge is 2.27. The van der Waals surface area contributed by atoms with E-state index in [1.165, 1.54) is 24.2 Å². The summed E-state index contributed by atoms with van der Waals surface area (Å²) in [6.45, 7) is 0. The fourth-order valence-corrected chi connectivity index (χ4v) is 3.05. The van der Waals surface area contributed by atoms with Crippen LogP contribution < -0.4 is 10.1 Å². The van der Waals surface area contributed by atoms with E-state index >= 15 is 0 Å². The van der Waals surface area contributed by atoms with Gasteiger partial charge in [0.1, 0.15) is 10.8 Å². The van der Waals surface area contributed by atoms with Crippen molar-refractivity contribution >= 4 is 22.4 Å². The van der Waals surface area contributed by atoms with Crippen molar-refractivity contribution in [3.8, 4) is 5.75 Å². The quantitative estimate of drug-likeness (QED) is 0.891. The van der Waals surface area contributed by atoms with Crippen LogP contribution in [0.4, 0.5) is 5.13 Å². The van der Waals surface area contributed by atoms with Crippen molar-refractivity contribution in [2.45, 2.75) is 31.6 Å². The molecule has 0 aliphatic heterocycles. The number of anilines is 1. The molecule has 3 rings (SSSR count). The van der Waals surface area contributed by atoms with E-state index in [2.05, 4.69) is 15.5 Å². The van der Waals surface area contributed by atoms with E-state index in [1.54, 1.807) is 7.11 Å². The number of nitrogens with one attached hydrogen (secondary N) is 1. The first kappa shape index (κ1) is 14.0. The van der Waals surface area contributed by atoms with Crippen LogP contribution in [0.2, 0.25) is 0 Å². The van der Waals surface area contributed by atoms with Crippen molar-refractivity contribution in [2.75, 3.05) is 12.4 Å². The molecule has 1 aliphatic carbocycles. The van der Waals surface area contributed by atoms with Gasteiger partial charge in [-0.15, -0.1) is 10.2 Å². The minimum absolute atomic E-state index is 0.0422. The molecular formula is C15H17N3O2S. The van der Waals surface area contributed by atoms with Gasteiger partial charge in [0, 0.05) is 12.3 Å². The van der Waals surface area contributed by atoms with Crippen LogP contribution in [-0.4, -0.2) is 23.2 Å². The normalized spacial score (nSPS) is 14.0. The van der Waals surface area contributed by atoms with Crippen LogP contribution in [0.5, 0.6) is 5.75 Å². The van der Waals surface area contributed by atoms with Crippen LogP contribution in [0.3, 0.4) is 0 Å². The van der Waals surface area contributed by atoms with Gasteiger partial charge in [0.05, 0.1) is 7.11 Å². The molecule has 1 N–H and O–H groups in total. The van der Waals surface area contributed by atoms with Gasteiger partial charge in [-0.2, -0.15) is 0 Å². The lowest BCUT2D eigenvalue weighted by molar-refractivity contribution is -0.116. The number of aromatic nitrogens is 2. The zero-order valence-electron chi connectivity index (χ0n) is 11.8. The van der Waals surface area contributed by atoms with E-state index in [0.29, 0.717) is 23.9 Å². The van der Waals surface area contributed by atoms with Crippen molar-refractivity contribution in [1.82, 2.24) is 10.2 Å². The third-order valence-corrected chi connectivity index (χ3v) is 4.43. The zero-order valence-corrected chi connectivity index (χ0v) is 12.7. The Morgan fingerprint density at radius 3 is 2.95 bits per heavy atom. The van der Waals surface area contributed by atoms with Gasteiger partial charge in [-0.05, 0) is 30.9 Å². The van der Waals surface area contributed by atoms with Crippen molar-refractivity contribution in [2.24, 2.45) is 0 Å². The Hall–Kier alpha value is -1.95. The minimum atomic E-state index is -0.0422. The van der Waals surface area contributed by atoms with Gasteiger partial charge in [-0.1, -0.05) is 29.5 Å². The van der Waals surface area contributed by atoms with E-state index in [-0.39, 0.29) is 5.91 Å². The van der Waals surface area contributed by atoms with Gasteiger partial charge in [0.15, 0.2) is 0 Å². The molecule has 1 aliphatic rings. The number of hydrogen-bond donors (Lipinski definition) is 1. The molecule has 5 nitrogen and oxygen atoms in total. The average Bonchev–Trinajstić information content (AvgIpc) is 3.26. The maximum absolute atomic E-state index is 12.0. The topological polar surface area (TPSA) is 64.1 Å². The molecule has 1 aromatic heterocycles. The monoisotopic (exact) mass is 303 g/mol. The van der Waals surface area contributed by atoms with Crippen molar-refractivity contribution in [1.29, 1.82) is 0 Å². The van der Waals surface area contributed by atoms with Crippen LogP contribution >= 0.6 is 11.3 Å². The number of rotatable bonds is 6. The van der Waals surface area contributed by atoms with Gasteiger partial charge in [-0.3, -0.25) is 4.79 Å². The summed E-state index contributed by atoms with van der Waals surface area (Å²) in [5.41, 5.74) is 1.03. The number of ether oxygens (including phenoxy) is 1. The van der Waals surface area contributed by atoms with Gasteiger partial charge in [0.25, 0.3) is 0 Å². The highest BCUT2D eigenvalue weighted by molar-refractivity contribution is 7.15. The van der Waals surface area contributed by atoms with E-state index in [1.807, 2.05) is 24.3 Å². The maximum atomic E-state index is 12.0. The molecule has 1 aromatic carbocycles. The second-order valence-corrected chi connectivity index (χ2v) is 6.09. The fraction of sp³-hybridized carbons (Fsp3) is 0.400. The number of carbonyl (C=O) groups excluding carboxylic acids is 1. The SMILES string of the molecule is COc1ccccc1CCC(=O)Nc1nnc(C2CC2)s1. The number of aryl methyl sites for hydroxylation is 1. The van der Waals surface area contributed by atoms with Crippen molar-refractivity contribution in [3.05, 3.63) is 34.8 Å². The first-order valence-electron chi connectivity index (χ1n) is 7.01. The Morgan fingerprint density at radius 2 is 2.19 bits per heavy atom. The molecule has 6 heteroatoms. The Morgan fingerprint density at radius 1 is 1.38 bits per heavy atom. The summed E-state index contributed by atoms with van der Waals surface area (Å²) in [5.74, 6) is 1.35. The number of methoxy groups -OCH3 is 1. The standard InChI is InChI=1S/C15H17N3O2S/c1-20-12-5-3-2-4-10(12)8-9-13(19)16-15-18-17-14(21-15)11-6-7-11/h2-5,11H,6-9H2,1H3,(H,16,18,19). The zero-order chi connectivity index (χ0) is 14.7. The van der Waals surface area contributed by atoms with Crippen LogP contribution in [0, 0.1) is 0 Å². The van der Waals surface area contributed by atoms with Gasteiger partial charge >= 0.3 is 0 Å². The summed E-state index contributed by atoms with van der Waals surface area (Å²) in [6.07, 6.45) is 3.43. The second kappa shape index (κ2) is 6.22. The molecule has 0 bridgehead atoms. The molecule has 0 atom stereocenters. The summed E-state index contributed by atoms with van der Waals surface area (Å²) in [7, 11) is 1.64. The summed E-state index contributed by atoms with van der Waals surface area (Å²) in [6, 6.07) is 7.74. The molecule has 1 amide bonds. The molecule has 0 saturated heterocycles. The molecular weight excluding hydrogens is 286 g/mol. The highest BCUT2D eigenvalue weighted by Crippen LogP contribution is 2.42. The molecule has 2 aromatic rings. The van der Waals surface area contributed by atoms with Gasteiger partial charge in [0.2, 0.25) is 11.0 Å². The lowest BCUT2D eigenvalue weighted by Gasteiger charge is -2.07. The first-order chi connectivity index (χ1) is 10.3. The predicted molar refractivity (Wildman–Crippen MR) is 81.8 cm³/mol. The maximum Gasteiger partial charge on any atom is 0.226 e. The molecule has 1 heterocycles. The number of carbonyl (C=O) groups is 1. The molecule has 1 fully saturated rings. The van der Waals surface area contributed by atoms with Gasteiger partial charge < -0.3 is 10.1 Å². The Bertz CT molecular complexity index is 637. The van der Waals surface area contributed by atoms with E-state index in [9.17, 15) is 4.79 Å². The van der Waals surface area contributed by atoms with Crippen molar-refractivity contribution < 1.29 is 9.53 Å². The van der Waals surface area contributed by atoms with Crippen LogP contribution in [0.25, 0.3) is 0 Å². The molecule has 21 heavy (non-hydrogen) atoms. The lowest BCUT2D eigenvalue weighted by atomic mass is 10.1. The number of hydrogen-bond acceptors (Lipinski definition) is 5. The summed E-state index contributed by atoms with van der Waals surface area (Å²) < 4.78 is 5.28. The lowest BCUT2D eigenvalue weighted by Crippen LogP contribution is -2.12. The summed E-state index contributed by atoms with van der Waals surface area (Å²) >= 11 is 1.48. The van der Waals surface area contributed by atoms with E-state index < -0.39 is 0 Å². The Balaban J connectivity index is 1.53. The third-order valence-electron chi connectivity index (χ3n) is 3.43. The number of amides is 1. The number of nitrogens with zero attached hydrogens (tertiary/aromatic N) is 2. The fourth-order valence-electron chi connectivity index (χ4n) is 2.12. The van der Waals surface area contributed by atoms with Gasteiger partial charge in [-0.25, -0.2) is 0 Å². The molecule has 110 valence electrons. The number of para-hydroxylation sites is 1.